The smallest absolute Gasteiger partial charge is 0.388 e. The van der Waals surface area contributed by atoms with Crippen LogP contribution in [0.15, 0.2) is 36.4 Å². The van der Waals surface area contributed by atoms with Crippen molar-refractivity contribution in [1.82, 2.24) is 9.78 Å². The zero-order valence-electron chi connectivity index (χ0n) is 19.5. The van der Waals surface area contributed by atoms with Gasteiger partial charge in [-0.05, 0) is 37.1 Å². The Morgan fingerprint density at radius 3 is 2.54 bits per heavy atom. The van der Waals surface area contributed by atoms with Crippen molar-refractivity contribution in [3.63, 3.8) is 0 Å². The van der Waals surface area contributed by atoms with E-state index in [0.717, 1.165) is 22.7 Å². The first-order chi connectivity index (χ1) is 16.6. The van der Waals surface area contributed by atoms with Crippen molar-refractivity contribution in [2.45, 2.75) is 39.6 Å². The van der Waals surface area contributed by atoms with E-state index in [-0.39, 0.29) is 34.5 Å². The monoisotopic (exact) mass is 512 g/mol. The number of aryl methyl sites for hydroxylation is 2. The number of esters is 1. The highest BCUT2D eigenvalue weighted by Crippen LogP contribution is 2.37. The molecular formula is C24H24ClF3N2O5. The van der Waals surface area contributed by atoms with Crippen LogP contribution in [0.2, 0.25) is 5.02 Å². The Labute approximate surface area is 205 Å². The van der Waals surface area contributed by atoms with Gasteiger partial charge in [-0.3, -0.25) is 0 Å². The molecule has 0 aliphatic heterocycles. The highest BCUT2D eigenvalue weighted by Gasteiger charge is 2.23. The van der Waals surface area contributed by atoms with Gasteiger partial charge in [-0.15, -0.1) is 0 Å². The number of hydrogen-bond acceptors (Lipinski definition) is 6. The second-order valence-corrected chi connectivity index (χ2v) is 7.86. The van der Waals surface area contributed by atoms with Crippen LogP contribution in [0.4, 0.5) is 13.2 Å². The summed E-state index contributed by atoms with van der Waals surface area (Å²) in [5.41, 5.74) is 1.59. The van der Waals surface area contributed by atoms with E-state index in [4.69, 9.17) is 25.8 Å². The first-order valence-corrected chi connectivity index (χ1v) is 11.0. The quantitative estimate of drug-likeness (QED) is 0.331. The van der Waals surface area contributed by atoms with Crippen LogP contribution in [0.1, 0.15) is 25.0 Å². The summed E-state index contributed by atoms with van der Waals surface area (Å²) in [5, 5.41) is 3.75. The van der Waals surface area contributed by atoms with E-state index in [1.807, 2.05) is 19.1 Å². The van der Waals surface area contributed by atoms with E-state index in [1.54, 1.807) is 13.0 Å². The van der Waals surface area contributed by atoms with Crippen molar-refractivity contribution in [2.75, 3.05) is 7.11 Å². The van der Waals surface area contributed by atoms with Crippen molar-refractivity contribution in [1.29, 1.82) is 0 Å². The van der Waals surface area contributed by atoms with Gasteiger partial charge in [-0.2, -0.15) is 13.9 Å². The largest absolute Gasteiger partial charge is 0.489 e. The van der Waals surface area contributed by atoms with Crippen LogP contribution >= 0.6 is 11.6 Å². The number of methoxy groups -OCH3 is 1. The molecule has 0 bridgehead atoms. The molecule has 0 N–H and O–H groups in total. The summed E-state index contributed by atoms with van der Waals surface area (Å²) in [7, 11) is 2.63. The molecule has 0 aliphatic carbocycles. The lowest BCUT2D eigenvalue weighted by Crippen LogP contribution is -2.25. The maximum absolute atomic E-state index is 14.9. The number of carbonyl (C=O) groups excluding carboxylic acids is 1. The van der Waals surface area contributed by atoms with Gasteiger partial charge < -0.3 is 18.9 Å². The normalized spacial score (nSPS) is 11.9. The van der Waals surface area contributed by atoms with E-state index in [1.165, 1.54) is 26.3 Å². The Bertz CT molecular complexity index is 1200. The molecule has 1 heterocycles. The minimum atomic E-state index is -3.10. The molecule has 1 atom stereocenters. The van der Waals surface area contributed by atoms with Crippen LogP contribution in [0.25, 0.3) is 11.3 Å². The van der Waals surface area contributed by atoms with Crippen molar-refractivity contribution in [2.24, 2.45) is 7.05 Å². The average molecular weight is 513 g/mol. The number of aromatic nitrogens is 2. The number of carbonyl (C=O) groups is 1. The maximum Gasteiger partial charge on any atom is 0.388 e. The van der Waals surface area contributed by atoms with E-state index in [2.05, 4.69) is 9.84 Å². The van der Waals surface area contributed by atoms with Crippen molar-refractivity contribution in [3.05, 3.63) is 58.4 Å². The van der Waals surface area contributed by atoms with Gasteiger partial charge in [0, 0.05) is 24.2 Å². The molecule has 11 heteroatoms. The highest BCUT2D eigenvalue weighted by atomic mass is 35.5. The van der Waals surface area contributed by atoms with Gasteiger partial charge in [0.2, 0.25) is 5.88 Å². The third kappa shape index (κ3) is 6.19. The molecule has 3 rings (SSSR count). The Balaban J connectivity index is 1.80. The molecule has 188 valence electrons. The Kier molecular flexibility index (Phi) is 8.50. The fourth-order valence-corrected chi connectivity index (χ4v) is 3.56. The molecule has 0 saturated carbocycles. The fourth-order valence-electron chi connectivity index (χ4n) is 3.26. The van der Waals surface area contributed by atoms with E-state index in [9.17, 15) is 18.0 Å². The standard InChI is InChI=1S/C24H24ClF3N2O5/c1-5-14-6-7-15(19(10-14)34-13(2)23(31)32-4)12-33-16-8-9-17(18(26)11-16)21-20(25)22(30(3)29-21)35-24(27)28/h6-11,13,24H,5,12H2,1-4H3. The van der Waals surface area contributed by atoms with Crippen LogP contribution in [-0.4, -0.2) is 35.6 Å². The van der Waals surface area contributed by atoms with Crippen LogP contribution in [0, 0.1) is 5.82 Å². The molecule has 0 aliphatic rings. The summed E-state index contributed by atoms with van der Waals surface area (Å²) in [6.45, 7) is 0.485. The van der Waals surface area contributed by atoms with Gasteiger partial charge in [0.15, 0.2) is 6.10 Å². The summed E-state index contributed by atoms with van der Waals surface area (Å²) in [4.78, 5) is 11.8. The topological polar surface area (TPSA) is 71.8 Å². The number of halogens is 4. The molecule has 0 saturated heterocycles. The molecule has 0 amide bonds. The van der Waals surface area contributed by atoms with Gasteiger partial charge in [-0.25, -0.2) is 13.9 Å². The SMILES string of the molecule is CCc1ccc(COc2ccc(-c3nn(C)c(OC(F)F)c3Cl)c(F)c2)c(OC(C)C(=O)OC)c1. The van der Waals surface area contributed by atoms with Crippen LogP contribution in [0.3, 0.4) is 0 Å². The van der Waals surface area contributed by atoms with Crippen molar-refractivity contribution < 1.29 is 36.9 Å². The van der Waals surface area contributed by atoms with Gasteiger partial charge in [0.1, 0.15) is 34.6 Å². The number of benzene rings is 2. The predicted octanol–water partition coefficient (Wildman–Crippen LogP) is 5.56. The maximum atomic E-state index is 14.9. The lowest BCUT2D eigenvalue weighted by atomic mass is 10.1. The molecule has 2 aromatic carbocycles. The highest BCUT2D eigenvalue weighted by molar-refractivity contribution is 6.34. The number of hydrogen-bond donors (Lipinski definition) is 0. The Morgan fingerprint density at radius 2 is 1.91 bits per heavy atom. The predicted molar refractivity (Wildman–Crippen MR) is 123 cm³/mol. The summed E-state index contributed by atoms with van der Waals surface area (Å²) in [6, 6.07) is 9.52. The second kappa shape index (κ2) is 11.4. The summed E-state index contributed by atoms with van der Waals surface area (Å²) in [6.07, 6.45) is -0.0682. The zero-order valence-corrected chi connectivity index (χ0v) is 20.2. The van der Waals surface area contributed by atoms with Crippen molar-refractivity contribution >= 4 is 17.6 Å². The minimum absolute atomic E-state index is 0.00899. The summed E-state index contributed by atoms with van der Waals surface area (Å²) < 4.78 is 61.6. The van der Waals surface area contributed by atoms with E-state index < -0.39 is 24.5 Å². The van der Waals surface area contributed by atoms with Crippen LogP contribution < -0.4 is 14.2 Å². The lowest BCUT2D eigenvalue weighted by Gasteiger charge is -2.17. The van der Waals surface area contributed by atoms with Crippen LogP contribution in [-0.2, 0) is 29.6 Å². The van der Waals surface area contributed by atoms with Gasteiger partial charge >= 0.3 is 12.6 Å². The molecule has 1 unspecified atom stereocenters. The molecule has 0 fully saturated rings. The molecule has 1 aromatic heterocycles. The van der Waals surface area contributed by atoms with E-state index >= 15 is 0 Å². The third-order valence-corrected chi connectivity index (χ3v) is 5.45. The molecule has 35 heavy (non-hydrogen) atoms. The molecule has 7 nitrogen and oxygen atoms in total. The molecule has 0 spiro atoms. The van der Waals surface area contributed by atoms with Gasteiger partial charge in [0.25, 0.3) is 0 Å². The number of nitrogens with zero attached hydrogens (tertiary/aromatic N) is 2. The third-order valence-electron chi connectivity index (χ3n) is 5.11. The minimum Gasteiger partial charge on any atom is -0.489 e. The average Bonchev–Trinajstić information content (AvgIpc) is 3.10. The zero-order chi connectivity index (χ0) is 25.7. The number of ether oxygens (including phenoxy) is 4. The fraction of sp³-hybridized carbons (Fsp3) is 0.333. The molecular weight excluding hydrogens is 489 g/mol. The first-order valence-electron chi connectivity index (χ1n) is 10.6. The van der Waals surface area contributed by atoms with Crippen LogP contribution in [0.5, 0.6) is 17.4 Å². The van der Waals surface area contributed by atoms with Gasteiger partial charge in [0.05, 0.1) is 7.11 Å². The molecule has 3 aromatic rings. The Morgan fingerprint density at radius 1 is 1.17 bits per heavy atom. The number of rotatable bonds is 10. The summed E-state index contributed by atoms with van der Waals surface area (Å²) in [5.74, 6) is -0.962. The lowest BCUT2D eigenvalue weighted by molar-refractivity contribution is -0.147. The number of alkyl halides is 2. The first kappa shape index (κ1) is 26.2. The second-order valence-electron chi connectivity index (χ2n) is 7.48. The van der Waals surface area contributed by atoms with Gasteiger partial charge in [-0.1, -0.05) is 30.7 Å². The van der Waals surface area contributed by atoms with E-state index in [0.29, 0.717) is 11.3 Å². The summed E-state index contributed by atoms with van der Waals surface area (Å²) >= 11 is 6.09. The Hall–Kier alpha value is -3.40. The molecule has 0 radical (unpaired) electrons. The van der Waals surface area contributed by atoms with Crippen molar-refractivity contribution in [3.8, 4) is 28.6 Å².